The van der Waals surface area contributed by atoms with Crippen LogP contribution in [0.2, 0.25) is 0 Å². The Morgan fingerprint density at radius 1 is 1.27 bits per heavy atom. The van der Waals surface area contributed by atoms with Crippen molar-refractivity contribution < 1.29 is 10.2 Å². The third kappa shape index (κ3) is 1.89. The van der Waals surface area contributed by atoms with Gasteiger partial charge in [0.1, 0.15) is 5.75 Å². The Kier molecular flexibility index (Phi) is 3.45. The second-order valence-corrected chi connectivity index (χ2v) is 8.05. The average Bonchev–Trinajstić information content (AvgIpc) is 2.46. The van der Waals surface area contributed by atoms with Gasteiger partial charge < -0.3 is 10.2 Å². The Hall–Kier alpha value is -1.28. The van der Waals surface area contributed by atoms with Gasteiger partial charge in [-0.2, -0.15) is 0 Å². The van der Waals surface area contributed by atoms with Gasteiger partial charge in [-0.1, -0.05) is 33.4 Å². The van der Waals surface area contributed by atoms with E-state index >= 15 is 0 Å². The molecule has 1 aromatic carbocycles. The SMILES string of the molecule is C=Cc1c(C)c(O)cc2c1CC[C@H]1C(C)(C)[C@@H](O)CC[C@]21C. The van der Waals surface area contributed by atoms with Crippen molar-refractivity contribution in [3.8, 4) is 5.75 Å². The van der Waals surface area contributed by atoms with E-state index in [0.29, 0.717) is 11.7 Å². The molecule has 3 atom stereocenters. The minimum atomic E-state index is -0.231. The van der Waals surface area contributed by atoms with E-state index in [1.807, 2.05) is 19.1 Å². The Labute approximate surface area is 133 Å². The normalized spacial score (nSPS) is 33.0. The van der Waals surface area contributed by atoms with Crippen molar-refractivity contribution in [3.05, 3.63) is 34.9 Å². The van der Waals surface area contributed by atoms with Crippen LogP contribution in [0.1, 0.15) is 62.3 Å². The number of fused-ring (bicyclic) bond motifs is 3. The molecule has 2 heteroatoms. The first-order valence-electron chi connectivity index (χ1n) is 8.40. The highest BCUT2D eigenvalue weighted by Crippen LogP contribution is 2.58. The van der Waals surface area contributed by atoms with Crippen LogP contribution in [0.5, 0.6) is 5.75 Å². The summed E-state index contributed by atoms with van der Waals surface area (Å²) >= 11 is 0. The second kappa shape index (κ2) is 4.86. The zero-order valence-electron chi connectivity index (χ0n) is 14.2. The van der Waals surface area contributed by atoms with Gasteiger partial charge in [0.2, 0.25) is 0 Å². The molecule has 3 rings (SSSR count). The number of aliphatic hydroxyl groups excluding tert-OH is 1. The molecule has 2 aliphatic rings. The van der Waals surface area contributed by atoms with Crippen LogP contribution < -0.4 is 0 Å². The summed E-state index contributed by atoms with van der Waals surface area (Å²) in [7, 11) is 0. The molecule has 0 spiro atoms. The van der Waals surface area contributed by atoms with E-state index in [1.165, 1.54) is 11.1 Å². The second-order valence-electron chi connectivity index (χ2n) is 8.05. The van der Waals surface area contributed by atoms with Crippen LogP contribution >= 0.6 is 0 Å². The first-order chi connectivity index (χ1) is 10.2. The van der Waals surface area contributed by atoms with E-state index in [1.54, 1.807) is 0 Å². The fourth-order valence-electron chi connectivity index (χ4n) is 5.23. The lowest BCUT2D eigenvalue weighted by Gasteiger charge is -2.56. The molecule has 0 bridgehead atoms. The van der Waals surface area contributed by atoms with Crippen LogP contribution in [-0.2, 0) is 11.8 Å². The lowest BCUT2D eigenvalue weighted by molar-refractivity contribution is -0.0731. The molecule has 0 heterocycles. The maximum absolute atomic E-state index is 10.5. The molecular formula is C20H28O2. The molecule has 0 aromatic heterocycles. The van der Waals surface area contributed by atoms with Crippen LogP contribution in [0.25, 0.3) is 6.08 Å². The molecule has 2 nitrogen and oxygen atoms in total. The van der Waals surface area contributed by atoms with Gasteiger partial charge in [0.25, 0.3) is 0 Å². The van der Waals surface area contributed by atoms with E-state index in [9.17, 15) is 10.2 Å². The summed E-state index contributed by atoms with van der Waals surface area (Å²) in [4.78, 5) is 0. The highest BCUT2D eigenvalue weighted by molar-refractivity contribution is 5.64. The minimum absolute atomic E-state index is 0.0270. The Bertz CT molecular complexity index is 629. The molecule has 1 fully saturated rings. The molecule has 120 valence electrons. The van der Waals surface area contributed by atoms with E-state index in [2.05, 4.69) is 27.4 Å². The highest BCUT2D eigenvalue weighted by atomic mass is 16.3. The summed E-state index contributed by atoms with van der Waals surface area (Å²) in [6, 6.07) is 1.98. The zero-order valence-corrected chi connectivity index (χ0v) is 14.2. The van der Waals surface area contributed by atoms with Crippen LogP contribution in [-0.4, -0.2) is 16.3 Å². The molecule has 0 saturated heterocycles. The number of aromatic hydroxyl groups is 1. The zero-order chi connectivity index (χ0) is 16.3. The van der Waals surface area contributed by atoms with Gasteiger partial charge in [-0.3, -0.25) is 0 Å². The van der Waals surface area contributed by atoms with Crippen molar-refractivity contribution in [3.63, 3.8) is 0 Å². The van der Waals surface area contributed by atoms with Gasteiger partial charge in [0.15, 0.2) is 0 Å². The predicted octanol–water partition coefficient (Wildman–Crippen LogP) is 4.34. The van der Waals surface area contributed by atoms with Gasteiger partial charge >= 0.3 is 0 Å². The van der Waals surface area contributed by atoms with Crippen molar-refractivity contribution in [1.82, 2.24) is 0 Å². The third-order valence-corrected chi connectivity index (χ3v) is 6.69. The smallest absolute Gasteiger partial charge is 0.119 e. The van der Waals surface area contributed by atoms with E-state index in [-0.39, 0.29) is 16.9 Å². The van der Waals surface area contributed by atoms with Crippen molar-refractivity contribution in [2.45, 2.75) is 64.9 Å². The number of hydrogen-bond acceptors (Lipinski definition) is 2. The first-order valence-corrected chi connectivity index (χ1v) is 8.40. The number of benzene rings is 1. The fourth-order valence-corrected chi connectivity index (χ4v) is 5.23. The fraction of sp³-hybridized carbons (Fsp3) is 0.600. The summed E-state index contributed by atoms with van der Waals surface area (Å²) in [5.74, 6) is 0.815. The molecular weight excluding hydrogens is 272 g/mol. The number of aliphatic hydroxyl groups is 1. The molecule has 2 aliphatic carbocycles. The molecule has 0 amide bonds. The van der Waals surface area contributed by atoms with E-state index in [4.69, 9.17) is 0 Å². The maximum atomic E-state index is 10.5. The quantitative estimate of drug-likeness (QED) is 0.809. The lowest BCUT2D eigenvalue weighted by Crippen LogP contribution is -2.53. The summed E-state index contributed by atoms with van der Waals surface area (Å²) in [6.07, 6.45) is 5.57. The lowest BCUT2D eigenvalue weighted by atomic mass is 9.49. The van der Waals surface area contributed by atoms with Crippen molar-refractivity contribution in [2.75, 3.05) is 0 Å². The van der Waals surface area contributed by atoms with Crippen LogP contribution in [0, 0.1) is 18.3 Å². The Morgan fingerprint density at radius 3 is 2.59 bits per heavy atom. The third-order valence-electron chi connectivity index (χ3n) is 6.69. The minimum Gasteiger partial charge on any atom is -0.508 e. The summed E-state index contributed by atoms with van der Waals surface area (Å²) in [6.45, 7) is 12.7. The monoisotopic (exact) mass is 300 g/mol. The maximum Gasteiger partial charge on any atom is 0.119 e. The summed E-state index contributed by atoms with van der Waals surface area (Å²) in [5, 5.41) is 20.8. The highest BCUT2D eigenvalue weighted by Gasteiger charge is 2.53. The van der Waals surface area contributed by atoms with Crippen LogP contribution in [0.4, 0.5) is 0 Å². The van der Waals surface area contributed by atoms with Gasteiger partial charge in [0.05, 0.1) is 6.10 Å². The summed E-state index contributed by atoms with van der Waals surface area (Å²) < 4.78 is 0. The van der Waals surface area contributed by atoms with E-state index in [0.717, 1.165) is 36.8 Å². The van der Waals surface area contributed by atoms with Gasteiger partial charge in [-0.05, 0) is 77.7 Å². The number of phenols is 1. The van der Waals surface area contributed by atoms with Gasteiger partial charge in [0, 0.05) is 0 Å². The van der Waals surface area contributed by atoms with Gasteiger partial charge in [-0.25, -0.2) is 0 Å². The van der Waals surface area contributed by atoms with E-state index < -0.39 is 0 Å². The first kappa shape index (κ1) is 15.6. The molecule has 0 aliphatic heterocycles. The Morgan fingerprint density at radius 2 is 1.95 bits per heavy atom. The number of phenolic OH excluding ortho intramolecular Hbond substituents is 1. The average molecular weight is 300 g/mol. The van der Waals surface area contributed by atoms with Crippen LogP contribution in [0.3, 0.4) is 0 Å². The van der Waals surface area contributed by atoms with Crippen molar-refractivity contribution >= 4 is 6.08 Å². The topological polar surface area (TPSA) is 40.5 Å². The number of rotatable bonds is 1. The number of hydrogen-bond donors (Lipinski definition) is 2. The molecule has 0 unspecified atom stereocenters. The summed E-state index contributed by atoms with van der Waals surface area (Å²) in [5.41, 5.74) is 4.63. The molecule has 0 radical (unpaired) electrons. The molecule has 1 saturated carbocycles. The predicted molar refractivity (Wildman–Crippen MR) is 91.1 cm³/mol. The van der Waals surface area contributed by atoms with Crippen molar-refractivity contribution in [1.29, 1.82) is 0 Å². The standard InChI is InChI=1S/C20H28O2/c1-6-13-12(2)16(21)11-15-14(13)7-8-17-19(3,4)18(22)9-10-20(15,17)5/h6,11,17-18,21-22H,1,7-10H2,2-5H3/t17-,18-,20+/m0/s1. The molecule has 2 N–H and O–H groups in total. The molecule has 1 aromatic rings. The molecule has 22 heavy (non-hydrogen) atoms. The van der Waals surface area contributed by atoms with Crippen LogP contribution in [0.15, 0.2) is 12.6 Å². The van der Waals surface area contributed by atoms with Crippen molar-refractivity contribution in [2.24, 2.45) is 11.3 Å². The largest absolute Gasteiger partial charge is 0.508 e. The van der Waals surface area contributed by atoms with Gasteiger partial charge in [-0.15, -0.1) is 0 Å². The Balaban J connectivity index is 2.22.